The molecule has 0 atom stereocenters. The zero-order valence-corrected chi connectivity index (χ0v) is 18.0. The van der Waals surface area contributed by atoms with Crippen LogP contribution in [0.2, 0.25) is 0 Å². The summed E-state index contributed by atoms with van der Waals surface area (Å²) in [5.41, 5.74) is 10.3. The smallest absolute Gasteiger partial charge is 0.229 e. The molecule has 0 saturated carbocycles. The van der Waals surface area contributed by atoms with Gasteiger partial charge in [0.2, 0.25) is 11.9 Å². The van der Waals surface area contributed by atoms with Gasteiger partial charge in [-0.05, 0) is 19.1 Å². The fourth-order valence-electron chi connectivity index (χ4n) is 3.01. The number of nitrogen functional groups attached to an aromatic ring is 1. The topological polar surface area (TPSA) is 85.8 Å². The highest BCUT2D eigenvalue weighted by atomic mass is 32.2. The molecule has 0 aliphatic heterocycles. The Labute approximate surface area is 180 Å². The zero-order valence-electron chi connectivity index (χ0n) is 17.1. The van der Waals surface area contributed by atoms with Crippen molar-refractivity contribution in [1.82, 2.24) is 24.5 Å². The largest absolute Gasteiger partial charge is 0.368 e. The first kappa shape index (κ1) is 19.9. The van der Waals surface area contributed by atoms with Crippen molar-refractivity contribution < 1.29 is 0 Å². The van der Waals surface area contributed by atoms with Crippen molar-refractivity contribution in [2.24, 2.45) is 0 Å². The van der Waals surface area contributed by atoms with E-state index < -0.39 is 0 Å². The molecule has 30 heavy (non-hydrogen) atoms. The minimum Gasteiger partial charge on any atom is -0.368 e. The van der Waals surface area contributed by atoms with Crippen molar-refractivity contribution in [2.45, 2.75) is 17.8 Å². The fraction of sp³-hybridized carbons (Fsp3) is 0.182. The SMILES string of the molecule is Cc1ccc(-c2cnc(SCc3nc(N)nc(N(C)C)n3)n2-c2ccccc2)cc1. The molecule has 8 heteroatoms. The highest BCUT2D eigenvalue weighted by Crippen LogP contribution is 2.31. The average Bonchev–Trinajstić information content (AvgIpc) is 3.17. The van der Waals surface area contributed by atoms with Crippen molar-refractivity contribution >= 4 is 23.7 Å². The second-order valence-corrected chi connectivity index (χ2v) is 8.00. The van der Waals surface area contributed by atoms with E-state index in [1.807, 2.05) is 43.4 Å². The van der Waals surface area contributed by atoms with E-state index in [1.165, 1.54) is 5.56 Å². The Balaban J connectivity index is 1.69. The maximum Gasteiger partial charge on any atom is 0.229 e. The summed E-state index contributed by atoms with van der Waals surface area (Å²) in [7, 11) is 3.75. The van der Waals surface area contributed by atoms with Gasteiger partial charge in [-0.15, -0.1) is 0 Å². The van der Waals surface area contributed by atoms with E-state index in [0.717, 1.165) is 22.1 Å². The van der Waals surface area contributed by atoms with Gasteiger partial charge in [-0.1, -0.05) is 59.8 Å². The molecule has 0 radical (unpaired) electrons. The minimum absolute atomic E-state index is 0.219. The lowest BCUT2D eigenvalue weighted by Crippen LogP contribution is -2.16. The van der Waals surface area contributed by atoms with Crippen LogP contribution in [0, 0.1) is 6.92 Å². The second kappa shape index (κ2) is 8.54. The Hall–Kier alpha value is -3.39. The standard InChI is InChI=1S/C22H23N7S/c1-15-9-11-16(12-10-15)18-13-24-22(29(18)17-7-5-4-6-8-17)30-14-19-25-20(23)27-21(26-19)28(2)3/h4-13H,14H2,1-3H3,(H2,23,25,26,27). The molecule has 4 rings (SSSR count). The second-order valence-electron chi connectivity index (χ2n) is 7.06. The van der Waals surface area contributed by atoms with Gasteiger partial charge in [-0.3, -0.25) is 4.57 Å². The Morgan fingerprint density at radius 3 is 2.40 bits per heavy atom. The number of aryl methyl sites for hydroxylation is 1. The van der Waals surface area contributed by atoms with Gasteiger partial charge in [0.25, 0.3) is 0 Å². The fourth-order valence-corrected chi connectivity index (χ4v) is 3.86. The molecule has 0 saturated heterocycles. The summed E-state index contributed by atoms with van der Waals surface area (Å²) in [5, 5.41) is 0.863. The number of rotatable bonds is 6. The summed E-state index contributed by atoms with van der Waals surface area (Å²) in [4.78, 5) is 19.4. The van der Waals surface area contributed by atoms with Gasteiger partial charge in [0.15, 0.2) is 5.16 Å². The average molecular weight is 418 g/mol. The molecule has 2 N–H and O–H groups in total. The van der Waals surface area contributed by atoms with E-state index in [2.05, 4.69) is 62.8 Å². The van der Waals surface area contributed by atoms with E-state index >= 15 is 0 Å². The number of hydrogen-bond acceptors (Lipinski definition) is 7. The van der Waals surface area contributed by atoms with Crippen LogP contribution >= 0.6 is 11.8 Å². The van der Waals surface area contributed by atoms with Crippen LogP contribution in [0.4, 0.5) is 11.9 Å². The number of para-hydroxylation sites is 1. The summed E-state index contributed by atoms with van der Waals surface area (Å²) in [6, 6.07) is 18.7. The number of imidazole rings is 1. The summed E-state index contributed by atoms with van der Waals surface area (Å²) >= 11 is 1.57. The molecular formula is C22H23N7S. The monoisotopic (exact) mass is 417 g/mol. The number of benzene rings is 2. The zero-order chi connectivity index (χ0) is 21.1. The molecule has 0 aliphatic carbocycles. The number of hydrogen-bond donors (Lipinski definition) is 1. The molecule has 0 spiro atoms. The normalized spacial score (nSPS) is 10.9. The molecule has 7 nitrogen and oxygen atoms in total. The maximum absolute atomic E-state index is 5.86. The van der Waals surface area contributed by atoms with Crippen LogP contribution < -0.4 is 10.6 Å². The molecule has 0 amide bonds. The number of anilines is 2. The Kier molecular flexibility index (Phi) is 5.67. The highest BCUT2D eigenvalue weighted by molar-refractivity contribution is 7.98. The van der Waals surface area contributed by atoms with Crippen molar-refractivity contribution in [3.05, 3.63) is 72.2 Å². The summed E-state index contributed by atoms with van der Waals surface area (Å²) in [5.74, 6) is 1.92. The van der Waals surface area contributed by atoms with Crippen LogP contribution in [0.3, 0.4) is 0 Å². The molecule has 0 fully saturated rings. The van der Waals surface area contributed by atoms with Crippen LogP contribution in [0.15, 0.2) is 66.0 Å². The van der Waals surface area contributed by atoms with Gasteiger partial charge >= 0.3 is 0 Å². The third-order valence-corrected chi connectivity index (χ3v) is 5.46. The summed E-state index contributed by atoms with van der Waals surface area (Å²) < 4.78 is 2.16. The molecule has 2 aromatic heterocycles. The molecule has 2 heterocycles. The minimum atomic E-state index is 0.219. The quantitative estimate of drug-likeness (QED) is 0.475. The molecule has 4 aromatic rings. The van der Waals surface area contributed by atoms with Gasteiger partial charge < -0.3 is 10.6 Å². The lowest BCUT2D eigenvalue weighted by atomic mass is 10.1. The van der Waals surface area contributed by atoms with Crippen LogP contribution in [0.5, 0.6) is 0 Å². The number of nitrogens with zero attached hydrogens (tertiary/aromatic N) is 6. The molecular weight excluding hydrogens is 394 g/mol. The van der Waals surface area contributed by atoms with E-state index in [9.17, 15) is 0 Å². The molecule has 152 valence electrons. The maximum atomic E-state index is 5.86. The van der Waals surface area contributed by atoms with Gasteiger partial charge in [-0.2, -0.15) is 15.0 Å². The van der Waals surface area contributed by atoms with E-state index in [0.29, 0.717) is 17.5 Å². The van der Waals surface area contributed by atoms with Crippen molar-refractivity contribution in [3.63, 3.8) is 0 Å². The van der Waals surface area contributed by atoms with Crippen molar-refractivity contribution in [3.8, 4) is 16.9 Å². The molecule has 0 aliphatic rings. The third kappa shape index (κ3) is 4.28. The van der Waals surface area contributed by atoms with Crippen LogP contribution in [0.25, 0.3) is 16.9 Å². The number of aromatic nitrogens is 5. The molecule has 2 aromatic carbocycles. The molecule has 0 unspecified atom stereocenters. The summed E-state index contributed by atoms with van der Waals surface area (Å²) in [6.07, 6.45) is 1.91. The Bertz CT molecular complexity index is 1140. The lowest BCUT2D eigenvalue weighted by Gasteiger charge is -2.13. The van der Waals surface area contributed by atoms with E-state index in [4.69, 9.17) is 10.7 Å². The summed E-state index contributed by atoms with van der Waals surface area (Å²) in [6.45, 7) is 2.09. The third-order valence-electron chi connectivity index (χ3n) is 4.51. The predicted molar refractivity (Wildman–Crippen MR) is 122 cm³/mol. The number of nitrogens with two attached hydrogens (primary N) is 1. The van der Waals surface area contributed by atoms with Gasteiger partial charge in [0.1, 0.15) is 5.82 Å². The van der Waals surface area contributed by atoms with Gasteiger partial charge in [0, 0.05) is 25.3 Å². The van der Waals surface area contributed by atoms with Crippen molar-refractivity contribution in [1.29, 1.82) is 0 Å². The van der Waals surface area contributed by atoms with E-state index in [1.54, 1.807) is 11.8 Å². The first-order chi connectivity index (χ1) is 14.5. The van der Waals surface area contributed by atoms with Crippen molar-refractivity contribution in [2.75, 3.05) is 24.7 Å². The highest BCUT2D eigenvalue weighted by Gasteiger charge is 2.15. The first-order valence-electron chi connectivity index (χ1n) is 9.52. The Morgan fingerprint density at radius 1 is 0.967 bits per heavy atom. The van der Waals surface area contributed by atoms with Gasteiger partial charge in [0.05, 0.1) is 17.6 Å². The van der Waals surface area contributed by atoms with Crippen LogP contribution in [-0.4, -0.2) is 38.6 Å². The first-order valence-corrected chi connectivity index (χ1v) is 10.5. The van der Waals surface area contributed by atoms with E-state index in [-0.39, 0.29) is 5.95 Å². The molecule has 0 bridgehead atoms. The number of thioether (sulfide) groups is 1. The lowest BCUT2D eigenvalue weighted by molar-refractivity contribution is 0.890. The van der Waals surface area contributed by atoms with Gasteiger partial charge in [-0.25, -0.2) is 4.98 Å². The van der Waals surface area contributed by atoms with Crippen LogP contribution in [-0.2, 0) is 5.75 Å². The Morgan fingerprint density at radius 2 is 1.70 bits per heavy atom. The predicted octanol–water partition coefficient (Wildman–Crippen LogP) is 3.97. The van der Waals surface area contributed by atoms with Crippen LogP contribution in [0.1, 0.15) is 11.4 Å².